The average Bonchev–Trinajstić information content (AvgIpc) is 3.23. The van der Waals surface area contributed by atoms with E-state index in [9.17, 15) is 24.9 Å². The summed E-state index contributed by atoms with van der Waals surface area (Å²) in [4.78, 5) is 26.1. The van der Waals surface area contributed by atoms with Gasteiger partial charge in [-0.05, 0) is 47.5 Å². The van der Waals surface area contributed by atoms with Crippen LogP contribution >= 0.6 is 0 Å². The van der Waals surface area contributed by atoms with E-state index in [0.29, 0.717) is 28.0 Å². The summed E-state index contributed by atoms with van der Waals surface area (Å²) in [6.07, 6.45) is 1.65. The first-order chi connectivity index (χ1) is 16.8. The Hall–Kier alpha value is -4.72. The van der Waals surface area contributed by atoms with Crippen molar-refractivity contribution in [3.63, 3.8) is 0 Å². The second kappa shape index (κ2) is 9.64. The van der Waals surface area contributed by atoms with Gasteiger partial charge in [0.25, 0.3) is 0 Å². The van der Waals surface area contributed by atoms with Crippen LogP contribution in [0.2, 0.25) is 0 Å². The van der Waals surface area contributed by atoms with Crippen molar-refractivity contribution in [2.75, 3.05) is 14.2 Å². The number of carbonyl (C=O) groups is 2. The standard InChI is InChI=1S/C27H23NO7/c1-34-20-11-12-21(23(31)13-20)24(32)15-28-14-22(16-3-7-18(29)8-4-16)25(26(28)27(33)35-2)17-5-9-19(30)10-6-17/h3-14,29-31H,15H2,1-2H3. The summed E-state index contributed by atoms with van der Waals surface area (Å²) >= 11 is 0. The molecule has 3 N–H and O–H groups in total. The summed E-state index contributed by atoms with van der Waals surface area (Å²) in [6, 6.07) is 17.1. The van der Waals surface area contributed by atoms with Crippen LogP contribution in [0.15, 0.2) is 72.9 Å². The van der Waals surface area contributed by atoms with Gasteiger partial charge in [-0.25, -0.2) is 4.79 Å². The number of ether oxygens (including phenoxy) is 2. The van der Waals surface area contributed by atoms with Crippen molar-refractivity contribution in [2.24, 2.45) is 0 Å². The highest BCUT2D eigenvalue weighted by Crippen LogP contribution is 2.38. The largest absolute Gasteiger partial charge is 0.508 e. The minimum absolute atomic E-state index is 0.0594. The van der Waals surface area contributed by atoms with Crippen LogP contribution < -0.4 is 4.74 Å². The van der Waals surface area contributed by atoms with Crippen LogP contribution in [0.25, 0.3) is 22.3 Å². The molecular formula is C27H23NO7. The van der Waals surface area contributed by atoms with Crippen LogP contribution in [0, 0.1) is 0 Å². The maximum absolute atomic E-state index is 13.1. The van der Waals surface area contributed by atoms with E-state index in [1.165, 1.54) is 55.2 Å². The fourth-order valence-corrected chi connectivity index (χ4v) is 3.89. The summed E-state index contributed by atoms with van der Waals surface area (Å²) in [5, 5.41) is 29.8. The van der Waals surface area contributed by atoms with Crippen molar-refractivity contribution in [3.05, 3.63) is 84.2 Å². The number of hydrogen-bond acceptors (Lipinski definition) is 7. The van der Waals surface area contributed by atoms with Crippen molar-refractivity contribution < 1.29 is 34.4 Å². The summed E-state index contributed by atoms with van der Waals surface area (Å²) in [5.74, 6) is -0.787. The van der Waals surface area contributed by atoms with Gasteiger partial charge in [-0.15, -0.1) is 0 Å². The highest BCUT2D eigenvalue weighted by molar-refractivity contribution is 6.03. The van der Waals surface area contributed by atoms with Crippen LogP contribution in [0.4, 0.5) is 0 Å². The molecule has 8 nitrogen and oxygen atoms in total. The van der Waals surface area contributed by atoms with Gasteiger partial charge in [-0.2, -0.15) is 0 Å². The van der Waals surface area contributed by atoms with E-state index in [0.717, 1.165) is 0 Å². The monoisotopic (exact) mass is 473 g/mol. The number of phenols is 3. The van der Waals surface area contributed by atoms with Gasteiger partial charge in [0, 0.05) is 23.4 Å². The van der Waals surface area contributed by atoms with Gasteiger partial charge in [0.15, 0.2) is 5.78 Å². The Morgan fingerprint density at radius 2 is 1.43 bits per heavy atom. The van der Waals surface area contributed by atoms with Gasteiger partial charge < -0.3 is 29.4 Å². The van der Waals surface area contributed by atoms with Gasteiger partial charge in [0.1, 0.15) is 28.7 Å². The van der Waals surface area contributed by atoms with Crippen LogP contribution in [-0.4, -0.2) is 45.9 Å². The van der Waals surface area contributed by atoms with Crippen molar-refractivity contribution in [3.8, 4) is 45.3 Å². The number of carbonyl (C=O) groups excluding carboxylic acids is 2. The first-order valence-corrected chi connectivity index (χ1v) is 10.6. The molecule has 0 atom stereocenters. The summed E-state index contributed by atoms with van der Waals surface area (Å²) < 4.78 is 11.6. The predicted octanol–water partition coefficient (Wildman–Crippen LogP) is 4.62. The fourth-order valence-electron chi connectivity index (χ4n) is 3.89. The van der Waals surface area contributed by atoms with E-state index in [-0.39, 0.29) is 35.1 Å². The molecule has 0 aliphatic heterocycles. The number of phenolic OH excluding ortho intramolecular Hbond substituents is 3. The van der Waals surface area contributed by atoms with Crippen LogP contribution in [-0.2, 0) is 11.3 Å². The number of aromatic nitrogens is 1. The highest BCUT2D eigenvalue weighted by Gasteiger charge is 2.26. The van der Waals surface area contributed by atoms with Gasteiger partial charge >= 0.3 is 5.97 Å². The highest BCUT2D eigenvalue weighted by atomic mass is 16.5. The number of aromatic hydroxyl groups is 3. The zero-order valence-corrected chi connectivity index (χ0v) is 19.1. The lowest BCUT2D eigenvalue weighted by Gasteiger charge is -2.11. The Labute approximate surface area is 201 Å². The molecule has 0 saturated carbocycles. The number of benzene rings is 3. The Kier molecular flexibility index (Phi) is 6.46. The second-order valence-electron chi connectivity index (χ2n) is 7.79. The van der Waals surface area contributed by atoms with E-state index in [1.54, 1.807) is 36.5 Å². The number of esters is 1. The molecule has 0 spiro atoms. The Morgan fingerprint density at radius 1 is 0.829 bits per heavy atom. The van der Waals surface area contributed by atoms with E-state index in [2.05, 4.69) is 0 Å². The van der Waals surface area contributed by atoms with E-state index in [1.807, 2.05) is 0 Å². The summed E-state index contributed by atoms with van der Waals surface area (Å²) in [5.41, 5.74) is 2.62. The minimum Gasteiger partial charge on any atom is -0.508 e. The molecule has 0 bridgehead atoms. The predicted molar refractivity (Wildman–Crippen MR) is 129 cm³/mol. The quantitative estimate of drug-likeness (QED) is 0.265. The third-order valence-corrected chi connectivity index (χ3v) is 5.61. The molecule has 0 radical (unpaired) electrons. The number of rotatable bonds is 7. The zero-order valence-electron chi connectivity index (χ0n) is 19.1. The average molecular weight is 473 g/mol. The molecule has 0 unspecified atom stereocenters. The topological polar surface area (TPSA) is 118 Å². The molecule has 1 aromatic heterocycles. The summed E-state index contributed by atoms with van der Waals surface area (Å²) in [6.45, 7) is -0.256. The smallest absolute Gasteiger partial charge is 0.355 e. The van der Waals surface area contributed by atoms with E-state index in [4.69, 9.17) is 9.47 Å². The molecule has 8 heteroatoms. The van der Waals surface area contributed by atoms with Crippen LogP contribution in [0.5, 0.6) is 23.0 Å². The maximum atomic E-state index is 13.1. The molecule has 35 heavy (non-hydrogen) atoms. The SMILES string of the molecule is COC(=O)c1c(-c2ccc(O)cc2)c(-c2ccc(O)cc2)cn1CC(=O)c1ccc(OC)cc1O. The number of ketones is 1. The van der Waals surface area contributed by atoms with Crippen molar-refractivity contribution >= 4 is 11.8 Å². The van der Waals surface area contributed by atoms with Crippen molar-refractivity contribution in [1.82, 2.24) is 4.57 Å². The van der Waals surface area contributed by atoms with Crippen molar-refractivity contribution in [1.29, 1.82) is 0 Å². The van der Waals surface area contributed by atoms with E-state index >= 15 is 0 Å². The lowest BCUT2D eigenvalue weighted by Crippen LogP contribution is -2.16. The van der Waals surface area contributed by atoms with E-state index < -0.39 is 11.8 Å². The Balaban J connectivity index is 1.89. The third-order valence-electron chi connectivity index (χ3n) is 5.61. The second-order valence-corrected chi connectivity index (χ2v) is 7.79. The van der Waals surface area contributed by atoms with Gasteiger partial charge in [-0.1, -0.05) is 24.3 Å². The molecule has 4 rings (SSSR count). The maximum Gasteiger partial charge on any atom is 0.355 e. The number of methoxy groups -OCH3 is 2. The van der Waals surface area contributed by atoms with Crippen LogP contribution in [0.1, 0.15) is 20.8 Å². The molecule has 0 fully saturated rings. The zero-order chi connectivity index (χ0) is 25.1. The fraction of sp³-hybridized carbons (Fsp3) is 0.111. The number of hydrogen-bond donors (Lipinski definition) is 3. The molecule has 178 valence electrons. The first kappa shape index (κ1) is 23.4. The molecular weight excluding hydrogens is 450 g/mol. The van der Waals surface area contributed by atoms with Crippen LogP contribution in [0.3, 0.4) is 0 Å². The number of nitrogens with zero attached hydrogens (tertiary/aromatic N) is 1. The van der Waals surface area contributed by atoms with Gasteiger partial charge in [-0.3, -0.25) is 4.79 Å². The Morgan fingerprint density at radius 3 is 1.97 bits per heavy atom. The summed E-state index contributed by atoms with van der Waals surface area (Å²) in [7, 11) is 2.70. The first-order valence-electron chi connectivity index (χ1n) is 10.6. The lowest BCUT2D eigenvalue weighted by molar-refractivity contribution is 0.0589. The molecule has 0 aliphatic rings. The molecule has 0 amide bonds. The van der Waals surface area contributed by atoms with Gasteiger partial charge in [0.05, 0.1) is 26.3 Å². The van der Waals surface area contributed by atoms with Gasteiger partial charge in [0.2, 0.25) is 0 Å². The lowest BCUT2D eigenvalue weighted by atomic mass is 9.96. The Bertz CT molecular complexity index is 1390. The van der Waals surface area contributed by atoms with Crippen molar-refractivity contribution in [2.45, 2.75) is 6.54 Å². The molecule has 1 heterocycles. The number of Topliss-reactive ketones (excluding diaryl/α,β-unsaturated/α-hetero) is 1. The molecule has 0 aliphatic carbocycles. The minimum atomic E-state index is -0.662. The molecule has 4 aromatic rings. The molecule has 3 aromatic carbocycles. The molecule has 0 saturated heterocycles. The third kappa shape index (κ3) is 4.67. The normalized spacial score (nSPS) is 10.7.